The third-order valence-electron chi connectivity index (χ3n) is 2.61. The Balaban J connectivity index is 2.79. The summed E-state index contributed by atoms with van der Waals surface area (Å²) in [5, 5.41) is 12.4. The van der Waals surface area contributed by atoms with Gasteiger partial charge in [-0.25, -0.2) is 4.79 Å². The molecule has 1 aromatic carbocycles. The summed E-state index contributed by atoms with van der Waals surface area (Å²) in [4.78, 5) is 11.7. The summed E-state index contributed by atoms with van der Waals surface area (Å²) in [5.74, 6) is -0.331. The smallest absolute Gasteiger partial charge is 0.340 e. The fourth-order valence-electron chi connectivity index (χ4n) is 1.41. The second-order valence-corrected chi connectivity index (χ2v) is 4.94. The lowest BCUT2D eigenvalue weighted by atomic mass is 9.95. The lowest BCUT2D eigenvalue weighted by Crippen LogP contribution is -2.27. The van der Waals surface area contributed by atoms with Crippen molar-refractivity contribution in [1.82, 2.24) is 0 Å². The van der Waals surface area contributed by atoms with E-state index in [1.165, 1.54) is 0 Å². The molecule has 100 valence electrons. The highest BCUT2D eigenvalue weighted by Crippen LogP contribution is 2.20. The van der Waals surface area contributed by atoms with Crippen molar-refractivity contribution in [3.8, 4) is 0 Å². The van der Waals surface area contributed by atoms with Crippen LogP contribution in [-0.4, -0.2) is 30.8 Å². The van der Waals surface area contributed by atoms with Crippen LogP contribution in [0.15, 0.2) is 24.3 Å². The molecule has 18 heavy (non-hydrogen) atoms. The van der Waals surface area contributed by atoms with Crippen molar-refractivity contribution < 1.29 is 14.6 Å². The number of anilines is 1. The Morgan fingerprint density at radius 2 is 2.06 bits per heavy atom. The predicted octanol–water partition coefficient (Wildman–Crippen LogP) is 2.29. The van der Waals surface area contributed by atoms with Gasteiger partial charge in [-0.05, 0) is 19.1 Å². The molecule has 4 nitrogen and oxygen atoms in total. The van der Waals surface area contributed by atoms with Gasteiger partial charge in [-0.1, -0.05) is 26.0 Å². The lowest BCUT2D eigenvalue weighted by molar-refractivity contribution is 0.0527. The number of aliphatic hydroxyl groups is 1. The van der Waals surface area contributed by atoms with Crippen LogP contribution in [0.1, 0.15) is 31.1 Å². The maximum atomic E-state index is 11.7. The van der Waals surface area contributed by atoms with Crippen molar-refractivity contribution >= 4 is 11.7 Å². The Labute approximate surface area is 108 Å². The molecule has 0 unspecified atom stereocenters. The molecule has 0 saturated heterocycles. The second-order valence-electron chi connectivity index (χ2n) is 4.94. The molecular weight excluding hydrogens is 230 g/mol. The first-order valence-corrected chi connectivity index (χ1v) is 6.11. The Hall–Kier alpha value is -1.55. The molecule has 2 N–H and O–H groups in total. The van der Waals surface area contributed by atoms with Gasteiger partial charge in [0.15, 0.2) is 0 Å². The molecule has 1 aromatic rings. The normalized spacial score (nSPS) is 11.1. The molecule has 0 radical (unpaired) electrons. The second kappa shape index (κ2) is 6.40. The molecule has 0 atom stereocenters. The van der Waals surface area contributed by atoms with Gasteiger partial charge < -0.3 is 15.2 Å². The van der Waals surface area contributed by atoms with E-state index in [0.29, 0.717) is 18.7 Å². The van der Waals surface area contributed by atoms with E-state index >= 15 is 0 Å². The number of aliphatic hydroxyl groups excluding tert-OH is 1. The molecule has 0 heterocycles. The summed E-state index contributed by atoms with van der Waals surface area (Å²) in [6.07, 6.45) is 0. The third kappa shape index (κ3) is 4.04. The largest absolute Gasteiger partial charge is 0.462 e. The third-order valence-corrected chi connectivity index (χ3v) is 2.61. The molecule has 0 aromatic heterocycles. The molecule has 0 spiro atoms. The molecular formula is C14H21NO3. The number of benzene rings is 1. The fourth-order valence-corrected chi connectivity index (χ4v) is 1.41. The van der Waals surface area contributed by atoms with Gasteiger partial charge in [0, 0.05) is 24.3 Å². The number of rotatable bonds is 6. The minimum atomic E-state index is -0.331. The highest BCUT2D eigenvalue weighted by atomic mass is 16.5. The number of carbonyl (C=O) groups excluding carboxylic acids is 1. The van der Waals surface area contributed by atoms with Gasteiger partial charge in [0.05, 0.1) is 12.2 Å². The van der Waals surface area contributed by atoms with Crippen LogP contribution < -0.4 is 5.32 Å². The minimum Gasteiger partial charge on any atom is -0.462 e. The Kier molecular flexibility index (Phi) is 5.16. The van der Waals surface area contributed by atoms with Gasteiger partial charge in [0.2, 0.25) is 0 Å². The van der Waals surface area contributed by atoms with Crippen LogP contribution in [0, 0.1) is 5.41 Å². The summed E-state index contributed by atoms with van der Waals surface area (Å²) in [6, 6.07) is 7.22. The van der Waals surface area contributed by atoms with Crippen LogP contribution in [-0.2, 0) is 4.74 Å². The predicted molar refractivity (Wildman–Crippen MR) is 71.8 cm³/mol. The van der Waals surface area contributed by atoms with E-state index in [0.717, 1.165) is 5.69 Å². The molecule has 0 aliphatic heterocycles. The van der Waals surface area contributed by atoms with Gasteiger partial charge in [0.1, 0.15) is 0 Å². The molecule has 1 rings (SSSR count). The highest BCUT2D eigenvalue weighted by Gasteiger charge is 2.18. The Morgan fingerprint density at radius 3 is 2.67 bits per heavy atom. The Morgan fingerprint density at radius 1 is 1.39 bits per heavy atom. The molecule has 0 amide bonds. The SMILES string of the molecule is CCOC(=O)c1ccccc1NCC(C)(C)CO. The van der Waals surface area contributed by atoms with Crippen molar-refractivity contribution in [3.63, 3.8) is 0 Å². The number of hydrogen-bond donors (Lipinski definition) is 2. The summed E-state index contributed by atoms with van der Waals surface area (Å²) in [5.41, 5.74) is 1.02. The first kappa shape index (κ1) is 14.5. The van der Waals surface area contributed by atoms with Crippen molar-refractivity contribution in [2.24, 2.45) is 5.41 Å². The quantitative estimate of drug-likeness (QED) is 0.762. The summed E-state index contributed by atoms with van der Waals surface area (Å²) in [6.45, 7) is 6.71. The average molecular weight is 251 g/mol. The summed E-state index contributed by atoms with van der Waals surface area (Å²) in [7, 11) is 0. The molecule has 0 saturated carbocycles. The molecule has 4 heteroatoms. The van der Waals surface area contributed by atoms with Gasteiger partial charge in [-0.2, -0.15) is 0 Å². The molecule has 0 aliphatic carbocycles. The highest BCUT2D eigenvalue weighted by molar-refractivity contribution is 5.95. The molecule has 0 aliphatic rings. The van der Waals surface area contributed by atoms with E-state index in [9.17, 15) is 9.90 Å². The maximum Gasteiger partial charge on any atom is 0.340 e. The van der Waals surface area contributed by atoms with Gasteiger partial charge in [-0.3, -0.25) is 0 Å². The van der Waals surface area contributed by atoms with Crippen molar-refractivity contribution in [2.45, 2.75) is 20.8 Å². The number of esters is 1. The fraction of sp³-hybridized carbons (Fsp3) is 0.500. The summed E-state index contributed by atoms with van der Waals surface area (Å²) < 4.78 is 5.00. The maximum absolute atomic E-state index is 11.7. The van der Waals surface area contributed by atoms with Crippen LogP contribution in [0.4, 0.5) is 5.69 Å². The van der Waals surface area contributed by atoms with E-state index < -0.39 is 0 Å². The first-order valence-electron chi connectivity index (χ1n) is 6.11. The van der Waals surface area contributed by atoms with E-state index in [1.807, 2.05) is 26.0 Å². The molecule has 0 fully saturated rings. The number of para-hydroxylation sites is 1. The first-order chi connectivity index (χ1) is 8.50. The standard InChI is InChI=1S/C14H21NO3/c1-4-18-13(17)11-7-5-6-8-12(11)15-9-14(2,3)10-16/h5-8,15-16H,4,9-10H2,1-3H3. The zero-order chi connectivity index (χ0) is 13.6. The van der Waals surface area contributed by atoms with E-state index in [2.05, 4.69) is 5.32 Å². The monoisotopic (exact) mass is 251 g/mol. The zero-order valence-corrected chi connectivity index (χ0v) is 11.2. The number of ether oxygens (including phenoxy) is 1. The van der Waals surface area contributed by atoms with Crippen LogP contribution in [0.2, 0.25) is 0 Å². The van der Waals surface area contributed by atoms with E-state index in [-0.39, 0.29) is 18.0 Å². The number of hydrogen-bond acceptors (Lipinski definition) is 4. The Bertz CT molecular complexity index is 402. The lowest BCUT2D eigenvalue weighted by Gasteiger charge is -2.23. The summed E-state index contributed by atoms with van der Waals surface area (Å²) >= 11 is 0. The van der Waals surface area contributed by atoms with E-state index in [1.54, 1.807) is 19.1 Å². The van der Waals surface area contributed by atoms with Crippen molar-refractivity contribution in [2.75, 3.05) is 25.1 Å². The average Bonchev–Trinajstić information content (AvgIpc) is 2.37. The zero-order valence-electron chi connectivity index (χ0n) is 11.2. The topological polar surface area (TPSA) is 58.6 Å². The number of carbonyl (C=O) groups is 1. The van der Waals surface area contributed by atoms with E-state index in [4.69, 9.17) is 4.74 Å². The molecule has 0 bridgehead atoms. The van der Waals surface area contributed by atoms with Crippen LogP contribution in [0.25, 0.3) is 0 Å². The minimum absolute atomic E-state index is 0.0849. The van der Waals surface area contributed by atoms with Gasteiger partial charge in [-0.15, -0.1) is 0 Å². The van der Waals surface area contributed by atoms with Crippen molar-refractivity contribution in [3.05, 3.63) is 29.8 Å². The van der Waals surface area contributed by atoms with Gasteiger partial charge in [0.25, 0.3) is 0 Å². The van der Waals surface area contributed by atoms with Crippen LogP contribution in [0.3, 0.4) is 0 Å². The van der Waals surface area contributed by atoms with Crippen LogP contribution in [0.5, 0.6) is 0 Å². The van der Waals surface area contributed by atoms with Crippen molar-refractivity contribution in [1.29, 1.82) is 0 Å². The van der Waals surface area contributed by atoms with Crippen LogP contribution >= 0.6 is 0 Å². The number of nitrogens with one attached hydrogen (secondary N) is 1. The van der Waals surface area contributed by atoms with Gasteiger partial charge >= 0.3 is 5.97 Å².